The van der Waals surface area contributed by atoms with Crippen molar-refractivity contribution >= 4 is 30.7 Å². The van der Waals surface area contributed by atoms with Gasteiger partial charge in [-0.2, -0.15) is 0 Å². The second-order valence-corrected chi connectivity index (χ2v) is 7.97. The summed E-state index contributed by atoms with van der Waals surface area (Å²) in [6, 6.07) is 12.7. The number of nitrogens with zero attached hydrogens (tertiary/aromatic N) is 1. The van der Waals surface area contributed by atoms with E-state index < -0.39 is 13.3 Å². The maximum absolute atomic E-state index is 11.8. The molecule has 1 atom stereocenters. The number of hydrogen-bond acceptors (Lipinski definition) is 4. The summed E-state index contributed by atoms with van der Waals surface area (Å²) >= 11 is 1.48. The van der Waals surface area contributed by atoms with E-state index in [1.165, 1.54) is 11.8 Å². The molecule has 3 rings (SSSR count). The molecule has 0 aromatic heterocycles. The van der Waals surface area contributed by atoms with Crippen molar-refractivity contribution < 1.29 is 19.6 Å². The molecule has 2 aromatic rings. The molecule has 0 amide bonds. The Labute approximate surface area is 132 Å². The van der Waals surface area contributed by atoms with Crippen LogP contribution in [0, 0.1) is 0 Å². The average molecular weight is 337 g/mol. The van der Waals surface area contributed by atoms with Gasteiger partial charge in [0.25, 0.3) is 0 Å². The first-order chi connectivity index (χ1) is 10.4. The molecule has 1 unspecified atom stereocenters. The van der Waals surface area contributed by atoms with Gasteiger partial charge in [-0.1, -0.05) is 43.0 Å². The molecular weight excluding hydrogens is 321 g/mol. The highest BCUT2D eigenvalue weighted by Crippen LogP contribution is 2.58. The Morgan fingerprint density at radius 2 is 1.82 bits per heavy atom. The number of fused-ring (bicyclic) bond motifs is 2. The van der Waals surface area contributed by atoms with E-state index in [4.69, 9.17) is 0 Å². The topological polar surface area (TPSA) is 81.0 Å². The van der Waals surface area contributed by atoms with Gasteiger partial charge in [-0.25, -0.2) is 5.06 Å². The first-order valence-electron chi connectivity index (χ1n) is 6.87. The molecule has 1 aliphatic heterocycles. The van der Waals surface area contributed by atoms with E-state index in [9.17, 15) is 19.6 Å². The minimum atomic E-state index is -4.30. The van der Waals surface area contributed by atoms with Crippen LogP contribution in [0.25, 0.3) is 0 Å². The van der Waals surface area contributed by atoms with Gasteiger partial charge in [-0.15, -0.1) is 0 Å². The van der Waals surface area contributed by atoms with Crippen LogP contribution < -0.4 is 5.06 Å². The number of rotatable bonds is 3. The molecule has 1 heterocycles. The van der Waals surface area contributed by atoms with Crippen molar-refractivity contribution in [3.8, 4) is 0 Å². The zero-order chi connectivity index (χ0) is 15.9. The van der Waals surface area contributed by atoms with Crippen LogP contribution in [0.3, 0.4) is 0 Å². The predicted molar refractivity (Wildman–Crippen MR) is 86.0 cm³/mol. The normalized spacial score (nSPS) is 15.2. The van der Waals surface area contributed by atoms with E-state index in [0.29, 0.717) is 23.4 Å². The van der Waals surface area contributed by atoms with Gasteiger partial charge in [0, 0.05) is 9.79 Å². The Kier molecular flexibility index (Phi) is 4.05. The first-order valence-corrected chi connectivity index (χ1v) is 9.37. The van der Waals surface area contributed by atoms with Gasteiger partial charge in [0.15, 0.2) is 0 Å². The largest absolute Gasteiger partial charge is 0.333 e. The van der Waals surface area contributed by atoms with Crippen LogP contribution in [0.2, 0.25) is 0 Å². The Morgan fingerprint density at radius 1 is 1.14 bits per heavy atom. The molecule has 0 bridgehead atoms. The maximum atomic E-state index is 11.8. The lowest BCUT2D eigenvalue weighted by Gasteiger charge is -2.31. The summed E-state index contributed by atoms with van der Waals surface area (Å²) in [7, 11) is -4.30. The van der Waals surface area contributed by atoms with Gasteiger partial charge < -0.3 is 9.79 Å². The summed E-state index contributed by atoms with van der Waals surface area (Å²) in [5, 5.41) is 11.6. The van der Waals surface area contributed by atoms with E-state index in [-0.39, 0.29) is 0 Å². The quantitative estimate of drug-likeness (QED) is 0.724. The third kappa shape index (κ3) is 2.57. The summed E-state index contributed by atoms with van der Waals surface area (Å²) in [6.45, 7) is 1.73. The average Bonchev–Trinajstić information content (AvgIpc) is 2.47. The minimum absolute atomic E-state index is 0.293. The van der Waals surface area contributed by atoms with Gasteiger partial charge in [-0.3, -0.25) is 9.77 Å². The fraction of sp³-hybridized carbons (Fsp3) is 0.200. The van der Waals surface area contributed by atoms with Crippen LogP contribution in [-0.4, -0.2) is 15.0 Å². The van der Waals surface area contributed by atoms with E-state index in [0.717, 1.165) is 14.9 Å². The smallest absolute Gasteiger partial charge is 0.324 e. The molecule has 116 valence electrons. The number of para-hydroxylation sites is 2. The Bertz CT molecular complexity index is 761. The summed E-state index contributed by atoms with van der Waals surface area (Å²) in [5.74, 6) is 0. The lowest BCUT2D eigenvalue weighted by Crippen LogP contribution is -2.18. The molecule has 5 nitrogen and oxygen atoms in total. The summed E-state index contributed by atoms with van der Waals surface area (Å²) in [6.07, 6.45) is 0.293. The molecule has 0 fully saturated rings. The molecule has 22 heavy (non-hydrogen) atoms. The van der Waals surface area contributed by atoms with Crippen LogP contribution in [-0.2, 0) is 4.57 Å². The monoisotopic (exact) mass is 337 g/mol. The summed E-state index contributed by atoms with van der Waals surface area (Å²) in [4.78, 5) is 20.9. The molecule has 0 spiro atoms. The van der Waals surface area contributed by atoms with Crippen molar-refractivity contribution in [2.75, 3.05) is 5.06 Å². The summed E-state index contributed by atoms with van der Waals surface area (Å²) in [5.41, 5.74) is 0.621. The van der Waals surface area contributed by atoms with Gasteiger partial charge in [0.05, 0.1) is 17.0 Å². The highest BCUT2D eigenvalue weighted by molar-refractivity contribution is 7.99. The molecule has 0 saturated carbocycles. The van der Waals surface area contributed by atoms with Crippen molar-refractivity contribution in [3.05, 3.63) is 48.0 Å². The van der Waals surface area contributed by atoms with E-state index >= 15 is 0 Å². The zero-order valence-corrected chi connectivity index (χ0v) is 13.6. The van der Waals surface area contributed by atoms with Crippen molar-refractivity contribution in [2.45, 2.75) is 28.8 Å². The van der Waals surface area contributed by atoms with Crippen molar-refractivity contribution in [3.63, 3.8) is 0 Å². The number of benzene rings is 2. The van der Waals surface area contributed by atoms with Gasteiger partial charge in [-0.05, 0) is 30.2 Å². The molecule has 2 aromatic carbocycles. The molecule has 0 saturated heterocycles. The van der Waals surface area contributed by atoms with Crippen molar-refractivity contribution in [2.24, 2.45) is 0 Å². The van der Waals surface area contributed by atoms with Crippen LogP contribution in [0.15, 0.2) is 52.3 Å². The molecule has 1 aliphatic rings. The zero-order valence-electron chi connectivity index (χ0n) is 11.9. The van der Waals surface area contributed by atoms with Gasteiger partial charge in [0.2, 0.25) is 0 Å². The van der Waals surface area contributed by atoms with Crippen molar-refractivity contribution in [1.82, 2.24) is 0 Å². The van der Waals surface area contributed by atoms with Gasteiger partial charge in [0.1, 0.15) is 0 Å². The Hall–Kier alpha value is -1.30. The molecule has 0 aliphatic carbocycles. The van der Waals surface area contributed by atoms with Crippen LogP contribution in [0.5, 0.6) is 0 Å². The Balaban J connectivity index is 2.17. The van der Waals surface area contributed by atoms with Crippen LogP contribution in [0.4, 0.5) is 11.4 Å². The molecule has 3 N–H and O–H groups in total. The lowest BCUT2D eigenvalue weighted by atomic mass is 10.1. The van der Waals surface area contributed by atoms with E-state index in [1.54, 1.807) is 25.1 Å². The molecule has 0 radical (unpaired) electrons. The van der Waals surface area contributed by atoms with Crippen LogP contribution in [0.1, 0.15) is 24.6 Å². The third-order valence-corrected chi connectivity index (χ3v) is 6.28. The Morgan fingerprint density at radius 3 is 2.50 bits per heavy atom. The second-order valence-electron chi connectivity index (χ2n) is 5.09. The fourth-order valence-corrected chi connectivity index (χ4v) is 4.85. The van der Waals surface area contributed by atoms with Crippen LogP contribution >= 0.6 is 19.4 Å². The lowest BCUT2D eigenvalue weighted by molar-refractivity contribution is 0.294. The molecule has 7 heteroatoms. The predicted octanol–water partition coefficient (Wildman–Crippen LogP) is 4.31. The second kappa shape index (κ2) is 5.72. The standard InChI is InChI=1S/C15H16NO4PS/c1-2-12(21(18,19)20)10-6-5-9-14-15(10)16(17)11-7-3-4-8-13(11)22-14/h3-9,12,17H,2H2,1H3,(H2,18,19,20). The minimum Gasteiger partial charge on any atom is -0.324 e. The number of hydrogen-bond donors (Lipinski definition) is 3. The van der Waals surface area contributed by atoms with E-state index in [2.05, 4.69) is 0 Å². The number of anilines is 2. The fourth-order valence-electron chi connectivity index (χ4n) is 2.71. The SMILES string of the molecule is CCC(c1cccc2c1N(O)c1ccccc1S2)P(=O)(O)O. The first kappa shape index (κ1) is 15.6. The van der Waals surface area contributed by atoms with E-state index in [1.807, 2.05) is 24.3 Å². The van der Waals surface area contributed by atoms with Crippen molar-refractivity contribution in [1.29, 1.82) is 0 Å². The highest BCUT2D eigenvalue weighted by atomic mass is 32.2. The summed E-state index contributed by atoms with van der Waals surface area (Å²) < 4.78 is 11.8. The third-order valence-electron chi connectivity index (χ3n) is 3.71. The maximum Gasteiger partial charge on any atom is 0.333 e. The van der Waals surface area contributed by atoms with Gasteiger partial charge >= 0.3 is 7.60 Å². The highest BCUT2D eigenvalue weighted by Gasteiger charge is 2.34. The molecular formula is C15H16NO4PS.